The summed E-state index contributed by atoms with van der Waals surface area (Å²) >= 11 is 0. The molecule has 2 aromatic heterocycles. The van der Waals surface area contributed by atoms with E-state index in [2.05, 4.69) is 79.2 Å². The third-order valence-electron chi connectivity index (χ3n) is 14.6. The number of fused-ring (bicyclic) bond motifs is 8. The zero-order chi connectivity index (χ0) is 45.2. The van der Waals surface area contributed by atoms with Gasteiger partial charge in [0.15, 0.2) is 0 Å². The highest BCUT2D eigenvalue weighted by Crippen LogP contribution is 2.57. The number of likely N-dealkylation sites (tertiary alicyclic amines) is 2. The van der Waals surface area contributed by atoms with Crippen molar-refractivity contribution in [2.45, 2.75) is 89.9 Å². The number of pyridine rings is 1. The van der Waals surface area contributed by atoms with Crippen molar-refractivity contribution in [2.24, 2.45) is 23.8 Å². The van der Waals surface area contributed by atoms with Gasteiger partial charge in [-0.05, 0) is 84.2 Å². The molecule has 1 spiro atoms. The number of rotatable bonds is 6. The molecule has 336 valence electrons. The van der Waals surface area contributed by atoms with Gasteiger partial charge in [0.25, 0.3) is 5.91 Å². The van der Waals surface area contributed by atoms with Crippen LogP contribution in [0.25, 0.3) is 33.3 Å². The lowest BCUT2D eigenvalue weighted by atomic mass is 9.67. The first-order chi connectivity index (χ1) is 30.7. The molecular formula is C50H59N7O7. The molecule has 6 bridgehead atoms. The molecule has 6 atom stereocenters. The number of nitrogens with zero attached hydrogens (tertiary/aromatic N) is 5. The van der Waals surface area contributed by atoms with Crippen molar-refractivity contribution in [3.05, 3.63) is 90.3 Å². The fraction of sp³-hybridized carbons (Fsp3) is 0.480. The highest BCUT2D eigenvalue weighted by molar-refractivity contribution is 5.98. The lowest BCUT2D eigenvalue weighted by Gasteiger charge is -2.42. The van der Waals surface area contributed by atoms with E-state index in [0.29, 0.717) is 45.3 Å². The number of aryl methyl sites for hydroxylation is 1. The highest BCUT2D eigenvalue weighted by atomic mass is 16.5. The summed E-state index contributed by atoms with van der Waals surface area (Å²) in [5, 5.41) is 5.61. The van der Waals surface area contributed by atoms with Crippen LogP contribution in [0.5, 0.6) is 0 Å². The van der Waals surface area contributed by atoms with Crippen molar-refractivity contribution in [3.63, 3.8) is 0 Å². The summed E-state index contributed by atoms with van der Waals surface area (Å²) in [4.78, 5) is 78.4. The predicted octanol–water partition coefficient (Wildman–Crippen LogP) is 5.46. The molecule has 3 fully saturated rings. The first kappa shape index (κ1) is 43.4. The van der Waals surface area contributed by atoms with E-state index in [0.717, 1.165) is 50.1 Å². The molecule has 5 aliphatic rings. The highest BCUT2D eigenvalue weighted by Gasteiger charge is 2.54. The maximum atomic E-state index is 14.8. The number of cyclic esters (lactones) is 1. The van der Waals surface area contributed by atoms with Gasteiger partial charge < -0.3 is 29.2 Å². The monoisotopic (exact) mass is 869 g/mol. The quantitative estimate of drug-likeness (QED) is 0.190. The van der Waals surface area contributed by atoms with Gasteiger partial charge in [-0.1, -0.05) is 64.6 Å². The molecule has 6 heterocycles. The van der Waals surface area contributed by atoms with E-state index in [1.807, 2.05) is 32.0 Å². The molecule has 2 aromatic carbocycles. The van der Waals surface area contributed by atoms with Gasteiger partial charge in [-0.15, -0.1) is 0 Å². The van der Waals surface area contributed by atoms with E-state index >= 15 is 0 Å². The third kappa shape index (κ3) is 7.28. The molecule has 4 aromatic rings. The standard InChI is InChI=1S/C50H59N7O7/c1-8-38(58)55-22-18-50(27-55)19-23-56(48(50)62)42(29(2)3)45(59)52-36-25-30-12-9-13-31(24-30)32-16-17-37-34(26-32)39-40(44(63-7)41-33(14-10-20-51-41)43(39)54(37)6)49(4,5)28-64-47(61)35-15-11-21-57(53-35)46(36)60/h8-10,12-14,16-17,20,24,26,29,35-36,40,42,44,53H,1,11,15,18-19,21-23,25,27-28H2,2-7H3,(H,52,59)/t35-,36-,40?,42-,44-,50?/m0/s1. The number of amides is 4. The minimum atomic E-state index is -1.04. The van der Waals surface area contributed by atoms with Crippen molar-refractivity contribution in [1.82, 2.24) is 35.1 Å². The summed E-state index contributed by atoms with van der Waals surface area (Å²) in [6.45, 7) is 13.1. The summed E-state index contributed by atoms with van der Waals surface area (Å²) in [5.74, 6) is -2.17. The Balaban J connectivity index is 1.10. The zero-order valence-corrected chi connectivity index (χ0v) is 37.7. The second kappa shape index (κ2) is 16.6. The smallest absolute Gasteiger partial charge is 0.324 e. The van der Waals surface area contributed by atoms with Crippen LogP contribution in [-0.4, -0.2) is 112 Å². The van der Waals surface area contributed by atoms with Crippen molar-refractivity contribution < 1.29 is 33.4 Å². The van der Waals surface area contributed by atoms with Gasteiger partial charge in [0.05, 0.1) is 23.4 Å². The van der Waals surface area contributed by atoms with E-state index in [1.165, 1.54) is 11.1 Å². The van der Waals surface area contributed by atoms with E-state index in [-0.39, 0.29) is 43.2 Å². The van der Waals surface area contributed by atoms with Gasteiger partial charge in [-0.25, -0.2) is 5.43 Å². The number of benzene rings is 2. The summed E-state index contributed by atoms with van der Waals surface area (Å²) in [5.41, 5.74) is 9.58. The van der Waals surface area contributed by atoms with Crippen LogP contribution in [0, 0.1) is 16.7 Å². The van der Waals surface area contributed by atoms with E-state index in [1.54, 1.807) is 23.1 Å². The normalized spacial score (nSPS) is 25.9. The SMILES string of the molecule is C=CC(=O)N1CCC2(CCN([C@H](C(=O)N[C@H]3Cc4cccc(c4)-c4ccc5c(c4)c4c(n5C)-c5cccnc5[C@@H](OC)C4C(C)(C)COC(=O)[C@@H]4CCCN(N4)C3=O)C(C)C)C2=O)C1. The van der Waals surface area contributed by atoms with Gasteiger partial charge in [-0.2, -0.15) is 0 Å². The number of ether oxygens (including phenoxy) is 2. The van der Waals surface area contributed by atoms with Gasteiger partial charge in [0, 0.05) is 80.8 Å². The molecule has 2 unspecified atom stereocenters. The van der Waals surface area contributed by atoms with Crippen LogP contribution in [0.3, 0.4) is 0 Å². The lowest BCUT2D eigenvalue weighted by molar-refractivity contribution is -0.156. The Bertz CT molecular complexity index is 2570. The molecule has 14 heteroatoms. The maximum Gasteiger partial charge on any atom is 0.324 e. The summed E-state index contributed by atoms with van der Waals surface area (Å²) in [7, 11) is 3.78. The Labute approximate surface area is 374 Å². The Kier molecular flexibility index (Phi) is 11.3. The number of carbonyl (C=O) groups is 5. The molecule has 9 rings (SSSR count). The average Bonchev–Trinajstić information content (AvgIpc) is 3.96. The van der Waals surface area contributed by atoms with Crippen LogP contribution < -0.4 is 10.7 Å². The summed E-state index contributed by atoms with van der Waals surface area (Å²) in [6, 6.07) is 15.9. The van der Waals surface area contributed by atoms with Gasteiger partial charge in [0.1, 0.15) is 24.2 Å². The summed E-state index contributed by atoms with van der Waals surface area (Å²) < 4.78 is 14.8. The van der Waals surface area contributed by atoms with E-state index < -0.39 is 52.8 Å². The fourth-order valence-electron chi connectivity index (χ4n) is 11.3. The minimum Gasteiger partial charge on any atom is -0.464 e. The fourth-order valence-corrected chi connectivity index (χ4v) is 11.3. The van der Waals surface area contributed by atoms with Gasteiger partial charge in [0.2, 0.25) is 17.7 Å². The number of esters is 1. The Morgan fingerprint density at radius 2 is 1.81 bits per heavy atom. The third-order valence-corrected chi connectivity index (χ3v) is 14.6. The van der Waals surface area contributed by atoms with Crippen LogP contribution >= 0.6 is 0 Å². The lowest BCUT2D eigenvalue weighted by Crippen LogP contribution is -2.62. The van der Waals surface area contributed by atoms with Gasteiger partial charge in [-0.3, -0.25) is 34.0 Å². The molecule has 3 saturated heterocycles. The first-order valence-corrected chi connectivity index (χ1v) is 22.6. The number of methoxy groups -OCH3 is 1. The minimum absolute atomic E-state index is 0.0800. The van der Waals surface area contributed by atoms with Crippen LogP contribution in [-0.2, 0) is 46.9 Å². The molecule has 1 aliphatic carbocycles. The Hall–Kier alpha value is -5.86. The number of nitrogens with one attached hydrogen (secondary N) is 2. The number of hydrogen-bond donors (Lipinski definition) is 2. The topological polar surface area (TPSA) is 155 Å². The predicted molar refractivity (Wildman–Crippen MR) is 241 cm³/mol. The largest absolute Gasteiger partial charge is 0.464 e. The summed E-state index contributed by atoms with van der Waals surface area (Å²) in [6.07, 6.45) is 4.85. The molecule has 64 heavy (non-hydrogen) atoms. The van der Waals surface area contributed by atoms with Crippen molar-refractivity contribution in [2.75, 3.05) is 39.9 Å². The van der Waals surface area contributed by atoms with Crippen molar-refractivity contribution >= 4 is 40.5 Å². The number of carbonyl (C=O) groups excluding carboxylic acids is 5. The Morgan fingerprint density at radius 3 is 2.58 bits per heavy atom. The number of aromatic nitrogens is 2. The van der Waals surface area contributed by atoms with E-state index in [4.69, 9.17) is 14.5 Å². The number of hydrazine groups is 1. The molecule has 4 amide bonds. The molecule has 4 aliphatic heterocycles. The van der Waals surface area contributed by atoms with Crippen molar-refractivity contribution in [1.29, 1.82) is 0 Å². The maximum absolute atomic E-state index is 14.8. The van der Waals surface area contributed by atoms with Crippen molar-refractivity contribution in [3.8, 4) is 22.4 Å². The van der Waals surface area contributed by atoms with Crippen LogP contribution in [0.15, 0.2) is 73.4 Å². The van der Waals surface area contributed by atoms with Crippen LogP contribution in [0.4, 0.5) is 0 Å². The molecule has 0 saturated carbocycles. The number of hydrogen-bond acceptors (Lipinski definition) is 9. The second-order valence-corrected chi connectivity index (χ2v) is 19.4. The zero-order valence-electron chi connectivity index (χ0n) is 37.7. The first-order valence-electron chi connectivity index (χ1n) is 22.6. The second-order valence-electron chi connectivity index (χ2n) is 19.4. The van der Waals surface area contributed by atoms with Crippen LogP contribution in [0.1, 0.15) is 82.2 Å². The average molecular weight is 870 g/mol. The Morgan fingerprint density at radius 1 is 1.03 bits per heavy atom. The molecular weight excluding hydrogens is 811 g/mol. The molecule has 14 nitrogen and oxygen atoms in total. The molecule has 0 radical (unpaired) electrons. The van der Waals surface area contributed by atoms with Crippen LogP contribution in [0.2, 0.25) is 0 Å². The van der Waals surface area contributed by atoms with Gasteiger partial charge >= 0.3 is 5.97 Å². The van der Waals surface area contributed by atoms with E-state index in [9.17, 15) is 24.0 Å². The molecule has 2 N–H and O–H groups in total.